The van der Waals surface area contributed by atoms with E-state index < -0.39 is 0 Å². The Kier molecular flexibility index (Phi) is 5.90. The summed E-state index contributed by atoms with van der Waals surface area (Å²) in [7, 11) is 0. The predicted octanol–water partition coefficient (Wildman–Crippen LogP) is 4.77. The average Bonchev–Trinajstić information content (AvgIpc) is 2.35. The summed E-state index contributed by atoms with van der Waals surface area (Å²) < 4.78 is 0. The summed E-state index contributed by atoms with van der Waals surface area (Å²) in [6.07, 6.45) is 7.46. The highest BCUT2D eigenvalue weighted by Crippen LogP contribution is 2.31. The van der Waals surface area contributed by atoms with Gasteiger partial charge in [-0.1, -0.05) is 58.1 Å². The molecule has 1 atom stereocenters. The minimum atomic E-state index is 0.144. The van der Waals surface area contributed by atoms with Crippen molar-refractivity contribution in [3.63, 3.8) is 0 Å². The van der Waals surface area contributed by atoms with Crippen molar-refractivity contribution in [1.29, 1.82) is 0 Å². The van der Waals surface area contributed by atoms with Gasteiger partial charge >= 0.3 is 0 Å². The minimum Gasteiger partial charge on any atom is -0.154 e. The molecule has 0 fully saturated rings. The maximum atomic E-state index is 5.78. The maximum Gasteiger partial charge on any atom is 0.151 e. The highest BCUT2D eigenvalue weighted by atomic mass is 35.5. The third-order valence-corrected chi connectivity index (χ3v) is 3.81. The van der Waals surface area contributed by atoms with E-state index in [2.05, 4.69) is 31.0 Å². The minimum absolute atomic E-state index is 0.144. The van der Waals surface area contributed by atoms with Crippen LogP contribution in [0.4, 0.5) is 0 Å². The van der Waals surface area contributed by atoms with E-state index in [4.69, 9.17) is 11.6 Å². The van der Waals surface area contributed by atoms with Crippen LogP contribution in [0.25, 0.3) is 0 Å². The van der Waals surface area contributed by atoms with Gasteiger partial charge in [-0.3, -0.25) is 0 Å². The second-order valence-corrected chi connectivity index (χ2v) is 5.35. The summed E-state index contributed by atoms with van der Waals surface area (Å²) in [6.45, 7) is 6.73. The molecule has 0 aliphatic rings. The lowest BCUT2D eigenvalue weighted by Crippen LogP contribution is -2.22. The summed E-state index contributed by atoms with van der Waals surface area (Å²) in [6, 6.07) is 3.85. The van der Waals surface area contributed by atoms with Crippen LogP contribution in [0.2, 0.25) is 5.15 Å². The van der Waals surface area contributed by atoms with Gasteiger partial charge in [-0.15, -0.1) is 5.10 Å². The Morgan fingerprint density at radius 3 is 2.41 bits per heavy atom. The first-order valence-corrected chi connectivity index (χ1v) is 7.00. The molecule has 0 bridgehead atoms. The van der Waals surface area contributed by atoms with Crippen LogP contribution in [0.5, 0.6) is 0 Å². The molecular weight excluding hydrogens is 232 g/mol. The smallest absolute Gasteiger partial charge is 0.151 e. The normalized spacial score (nSPS) is 14.6. The zero-order valence-corrected chi connectivity index (χ0v) is 11.9. The SMILES string of the molecule is CCCCCCC(C)(CC)c1ccc(Cl)nn1. The van der Waals surface area contributed by atoms with E-state index in [1.165, 1.54) is 32.1 Å². The molecule has 0 aliphatic carbocycles. The highest BCUT2D eigenvalue weighted by Gasteiger charge is 2.25. The molecule has 17 heavy (non-hydrogen) atoms. The Balaban J connectivity index is 2.63. The molecule has 0 saturated heterocycles. The van der Waals surface area contributed by atoms with E-state index in [0.29, 0.717) is 5.15 Å². The quantitative estimate of drug-likeness (QED) is 0.655. The number of nitrogens with zero attached hydrogens (tertiary/aromatic N) is 2. The fourth-order valence-corrected chi connectivity index (χ4v) is 2.17. The number of rotatable bonds is 7. The number of unbranched alkanes of at least 4 members (excludes halogenated alkanes) is 3. The molecule has 0 aromatic carbocycles. The van der Waals surface area contributed by atoms with Gasteiger partial charge in [0.25, 0.3) is 0 Å². The fourth-order valence-electron chi connectivity index (χ4n) is 2.07. The van der Waals surface area contributed by atoms with Crippen LogP contribution in [0.15, 0.2) is 12.1 Å². The molecule has 0 aliphatic heterocycles. The van der Waals surface area contributed by atoms with Gasteiger partial charge in [0.2, 0.25) is 0 Å². The zero-order valence-electron chi connectivity index (χ0n) is 11.2. The van der Waals surface area contributed by atoms with Crippen LogP contribution in [-0.2, 0) is 5.41 Å². The summed E-state index contributed by atoms with van der Waals surface area (Å²) in [5, 5.41) is 8.66. The van der Waals surface area contributed by atoms with E-state index in [1.54, 1.807) is 0 Å². The maximum absolute atomic E-state index is 5.78. The Hall–Kier alpha value is -0.630. The first-order chi connectivity index (χ1) is 8.12. The summed E-state index contributed by atoms with van der Waals surface area (Å²) in [4.78, 5) is 0. The highest BCUT2D eigenvalue weighted by molar-refractivity contribution is 6.29. The zero-order chi connectivity index (χ0) is 12.7. The molecule has 1 unspecified atom stereocenters. The lowest BCUT2D eigenvalue weighted by atomic mass is 9.79. The summed E-state index contributed by atoms with van der Waals surface area (Å²) >= 11 is 5.78. The largest absolute Gasteiger partial charge is 0.154 e. The van der Waals surface area contributed by atoms with Crippen molar-refractivity contribution in [3.05, 3.63) is 23.0 Å². The lowest BCUT2D eigenvalue weighted by Gasteiger charge is -2.27. The number of hydrogen-bond acceptors (Lipinski definition) is 2. The Morgan fingerprint density at radius 1 is 1.12 bits per heavy atom. The van der Waals surface area contributed by atoms with Gasteiger partial charge in [0.1, 0.15) is 0 Å². The standard InChI is InChI=1S/C14H23ClN2/c1-4-6-7-8-11-14(3,5-2)12-9-10-13(15)17-16-12/h9-10H,4-8,11H2,1-3H3. The van der Waals surface area contributed by atoms with E-state index in [-0.39, 0.29) is 5.41 Å². The molecule has 3 heteroatoms. The van der Waals surface area contributed by atoms with Gasteiger partial charge < -0.3 is 0 Å². The van der Waals surface area contributed by atoms with Gasteiger partial charge in [-0.25, -0.2) is 0 Å². The molecule has 1 rings (SSSR count). The van der Waals surface area contributed by atoms with Gasteiger partial charge in [-0.05, 0) is 25.0 Å². The molecule has 0 radical (unpaired) electrons. The molecular formula is C14H23ClN2. The third-order valence-electron chi connectivity index (χ3n) is 3.61. The average molecular weight is 255 g/mol. The molecule has 1 aromatic heterocycles. The van der Waals surface area contributed by atoms with Gasteiger partial charge in [0.15, 0.2) is 5.15 Å². The van der Waals surface area contributed by atoms with E-state index in [9.17, 15) is 0 Å². The molecule has 2 nitrogen and oxygen atoms in total. The molecule has 0 amide bonds. The van der Waals surface area contributed by atoms with Gasteiger partial charge in [-0.2, -0.15) is 5.10 Å². The number of aromatic nitrogens is 2. The van der Waals surface area contributed by atoms with E-state index >= 15 is 0 Å². The van der Waals surface area contributed by atoms with Crippen LogP contribution < -0.4 is 0 Å². The first-order valence-electron chi connectivity index (χ1n) is 6.62. The molecule has 1 aromatic rings. The summed E-state index contributed by atoms with van der Waals surface area (Å²) in [5.41, 5.74) is 1.21. The van der Waals surface area contributed by atoms with Crippen LogP contribution in [-0.4, -0.2) is 10.2 Å². The van der Waals surface area contributed by atoms with Gasteiger partial charge in [0.05, 0.1) is 5.69 Å². The number of hydrogen-bond donors (Lipinski definition) is 0. The van der Waals surface area contributed by atoms with Crippen molar-refractivity contribution in [2.45, 2.75) is 64.7 Å². The van der Waals surface area contributed by atoms with Crippen LogP contribution in [0, 0.1) is 0 Å². The molecule has 0 N–H and O–H groups in total. The molecule has 0 spiro atoms. The van der Waals surface area contributed by atoms with Crippen molar-refractivity contribution < 1.29 is 0 Å². The predicted molar refractivity (Wildman–Crippen MR) is 73.4 cm³/mol. The van der Waals surface area contributed by atoms with Crippen molar-refractivity contribution in [1.82, 2.24) is 10.2 Å². The number of halogens is 1. The summed E-state index contributed by atoms with van der Waals surface area (Å²) in [5.74, 6) is 0. The fraction of sp³-hybridized carbons (Fsp3) is 0.714. The van der Waals surface area contributed by atoms with Crippen molar-refractivity contribution >= 4 is 11.6 Å². The second kappa shape index (κ2) is 6.95. The Morgan fingerprint density at radius 2 is 1.88 bits per heavy atom. The van der Waals surface area contributed by atoms with E-state index in [0.717, 1.165) is 12.1 Å². The van der Waals surface area contributed by atoms with Crippen LogP contribution in [0.3, 0.4) is 0 Å². The molecule has 0 saturated carbocycles. The monoisotopic (exact) mass is 254 g/mol. The molecule has 1 heterocycles. The topological polar surface area (TPSA) is 25.8 Å². The van der Waals surface area contributed by atoms with Crippen LogP contribution >= 0.6 is 11.6 Å². The van der Waals surface area contributed by atoms with Crippen molar-refractivity contribution in [3.8, 4) is 0 Å². The van der Waals surface area contributed by atoms with Crippen LogP contribution in [0.1, 0.15) is 65.0 Å². The Bertz CT molecular complexity index is 323. The van der Waals surface area contributed by atoms with Gasteiger partial charge in [0, 0.05) is 5.41 Å². The molecule has 96 valence electrons. The first kappa shape index (κ1) is 14.4. The second-order valence-electron chi connectivity index (χ2n) is 4.97. The Labute approximate surface area is 110 Å². The van der Waals surface area contributed by atoms with E-state index in [1.807, 2.05) is 12.1 Å². The third kappa shape index (κ3) is 4.27. The van der Waals surface area contributed by atoms with Crippen molar-refractivity contribution in [2.24, 2.45) is 0 Å². The lowest BCUT2D eigenvalue weighted by molar-refractivity contribution is 0.382. The van der Waals surface area contributed by atoms with Crippen molar-refractivity contribution in [2.75, 3.05) is 0 Å².